The highest BCUT2D eigenvalue weighted by Gasteiger charge is 2.24. The van der Waals surface area contributed by atoms with E-state index < -0.39 is 0 Å². The zero-order chi connectivity index (χ0) is 11.5. The van der Waals surface area contributed by atoms with Crippen molar-refractivity contribution in [2.45, 2.75) is 19.4 Å². The number of nitrogens with zero attached hydrogens (tertiary/aromatic N) is 3. The fourth-order valence-corrected chi connectivity index (χ4v) is 2.25. The second kappa shape index (κ2) is 4.70. The molecule has 2 heterocycles. The van der Waals surface area contributed by atoms with E-state index in [-0.39, 0.29) is 0 Å². The van der Waals surface area contributed by atoms with Crippen LogP contribution >= 0.6 is 0 Å². The first-order chi connectivity index (χ1) is 7.72. The van der Waals surface area contributed by atoms with Gasteiger partial charge in [0.15, 0.2) is 5.82 Å². The van der Waals surface area contributed by atoms with Crippen LogP contribution in [0.1, 0.15) is 13.3 Å². The van der Waals surface area contributed by atoms with Crippen molar-refractivity contribution < 1.29 is 0 Å². The SMILES string of the molecule is CCC1CN(c2ncccc2N)CCN1C. The Kier molecular flexibility index (Phi) is 3.29. The van der Waals surface area contributed by atoms with Crippen molar-refractivity contribution in [3.63, 3.8) is 0 Å². The number of hydrogen-bond acceptors (Lipinski definition) is 4. The molecule has 4 nitrogen and oxygen atoms in total. The molecule has 4 heteroatoms. The summed E-state index contributed by atoms with van der Waals surface area (Å²) >= 11 is 0. The number of piperazine rings is 1. The minimum absolute atomic E-state index is 0.607. The van der Waals surface area contributed by atoms with Gasteiger partial charge in [0.2, 0.25) is 0 Å². The monoisotopic (exact) mass is 220 g/mol. The van der Waals surface area contributed by atoms with Crippen molar-refractivity contribution in [1.82, 2.24) is 9.88 Å². The zero-order valence-electron chi connectivity index (χ0n) is 10.1. The number of hydrogen-bond donors (Lipinski definition) is 1. The summed E-state index contributed by atoms with van der Waals surface area (Å²) in [7, 11) is 2.19. The molecule has 1 unspecified atom stereocenters. The summed E-state index contributed by atoms with van der Waals surface area (Å²) in [5, 5.41) is 0. The van der Waals surface area contributed by atoms with Gasteiger partial charge in [-0.05, 0) is 25.6 Å². The third-order valence-corrected chi connectivity index (χ3v) is 3.36. The third kappa shape index (κ3) is 2.11. The van der Waals surface area contributed by atoms with Crippen LogP contribution < -0.4 is 10.6 Å². The minimum atomic E-state index is 0.607. The molecule has 0 amide bonds. The average molecular weight is 220 g/mol. The normalized spacial score (nSPS) is 22.4. The van der Waals surface area contributed by atoms with Gasteiger partial charge in [0.05, 0.1) is 5.69 Å². The first-order valence-corrected chi connectivity index (χ1v) is 5.88. The molecule has 1 aliphatic heterocycles. The average Bonchev–Trinajstić information content (AvgIpc) is 2.31. The van der Waals surface area contributed by atoms with Crippen LogP contribution in [-0.2, 0) is 0 Å². The quantitative estimate of drug-likeness (QED) is 0.813. The van der Waals surface area contributed by atoms with Gasteiger partial charge in [-0.15, -0.1) is 0 Å². The Morgan fingerprint density at radius 1 is 1.50 bits per heavy atom. The molecule has 0 spiro atoms. The Hall–Kier alpha value is -1.29. The van der Waals surface area contributed by atoms with E-state index in [0.717, 1.165) is 31.1 Å². The summed E-state index contributed by atoms with van der Waals surface area (Å²) in [5.74, 6) is 0.939. The fraction of sp³-hybridized carbons (Fsp3) is 0.583. The maximum absolute atomic E-state index is 5.96. The summed E-state index contributed by atoms with van der Waals surface area (Å²) in [6, 6.07) is 4.41. The number of nitrogen functional groups attached to an aromatic ring is 1. The van der Waals surface area contributed by atoms with E-state index in [1.165, 1.54) is 6.42 Å². The van der Waals surface area contributed by atoms with Crippen molar-refractivity contribution in [2.75, 3.05) is 37.3 Å². The van der Waals surface area contributed by atoms with Gasteiger partial charge in [0, 0.05) is 31.9 Å². The summed E-state index contributed by atoms with van der Waals surface area (Å²) in [5.41, 5.74) is 6.73. The lowest BCUT2D eigenvalue weighted by Crippen LogP contribution is -2.51. The lowest BCUT2D eigenvalue weighted by Gasteiger charge is -2.40. The molecular weight excluding hydrogens is 200 g/mol. The molecule has 1 aromatic rings. The first-order valence-electron chi connectivity index (χ1n) is 5.88. The van der Waals surface area contributed by atoms with Crippen LogP contribution in [0.4, 0.5) is 11.5 Å². The van der Waals surface area contributed by atoms with E-state index >= 15 is 0 Å². The second-order valence-electron chi connectivity index (χ2n) is 4.40. The van der Waals surface area contributed by atoms with Gasteiger partial charge < -0.3 is 10.6 Å². The Morgan fingerprint density at radius 3 is 3.00 bits per heavy atom. The maximum Gasteiger partial charge on any atom is 0.151 e. The Balaban J connectivity index is 2.14. The second-order valence-corrected chi connectivity index (χ2v) is 4.40. The molecule has 1 aromatic heterocycles. The van der Waals surface area contributed by atoms with E-state index in [1.807, 2.05) is 18.3 Å². The number of likely N-dealkylation sites (N-methyl/N-ethyl adjacent to an activating group) is 1. The number of rotatable bonds is 2. The molecule has 88 valence electrons. The number of aromatic nitrogens is 1. The molecule has 2 N–H and O–H groups in total. The van der Waals surface area contributed by atoms with Gasteiger partial charge >= 0.3 is 0 Å². The number of nitrogens with two attached hydrogens (primary N) is 1. The summed E-state index contributed by atoms with van der Waals surface area (Å²) in [4.78, 5) is 9.09. The highest BCUT2D eigenvalue weighted by molar-refractivity contribution is 5.62. The minimum Gasteiger partial charge on any atom is -0.396 e. The highest BCUT2D eigenvalue weighted by Crippen LogP contribution is 2.22. The molecular formula is C12H20N4. The van der Waals surface area contributed by atoms with E-state index in [0.29, 0.717) is 6.04 Å². The molecule has 1 saturated heterocycles. The number of anilines is 2. The molecule has 16 heavy (non-hydrogen) atoms. The number of pyridine rings is 1. The van der Waals surface area contributed by atoms with Crippen molar-refractivity contribution in [1.29, 1.82) is 0 Å². The van der Waals surface area contributed by atoms with E-state index in [1.54, 1.807) is 0 Å². The maximum atomic E-state index is 5.96. The van der Waals surface area contributed by atoms with E-state index in [9.17, 15) is 0 Å². The van der Waals surface area contributed by atoms with Crippen LogP contribution in [-0.4, -0.2) is 42.6 Å². The molecule has 0 bridgehead atoms. The molecule has 2 rings (SSSR count). The largest absolute Gasteiger partial charge is 0.396 e. The predicted octanol–water partition coefficient (Wildman–Crippen LogP) is 1.19. The van der Waals surface area contributed by atoms with E-state index in [2.05, 4.69) is 28.8 Å². The van der Waals surface area contributed by atoms with Gasteiger partial charge in [0.1, 0.15) is 0 Å². The smallest absolute Gasteiger partial charge is 0.151 e. The fourth-order valence-electron chi connectivity index (χ4n) is 2.25. The summed E-state index contributed by atoms with van der Waals surface area (Å²) < 4.78 is 0. The molecule has 0 saturated carbocycles. The summed E-state index contributed by atoms with van der Waals surface area (Å²) in [6.07, 6.45) is 2.98. The topological polar surface area (TPSA) is 45.4 Å². The van der Waals surface area contributed by atoms with Crippen LogP contribution in [0.15, 0.2) is 18.3 Å². The Bertz CT molecular complexity index is 353. The van der Waals surface area contributed by atoms with Gasteiger partial charge in [-0.2, -0.15) is 0 Å². The molecule has 0 radical (unpaired) electrons. The molecule has 0 aromatic carbocycles. The predicted molar refractivity (Wildman–Crippen MR) is 67.6 cm³/mol. The standard InChI is InChI=1S/C12H20N4/c1-3-10-9-16(8-7-15(10)2)12-11(13)5-4-6-14-12/h4-6,10H,3,7-9,13H2,1-2H3. The van der Waals surface area contributed by atoms with Crippen LogP contribution in [0.5, 0.6) is 0 Å². The van der Waals surface area contributed by atoms with E-state index in [4.69, 9.17) is 5.73 Å². The molecule has 1 atom stereocenters. The van der Waals surface area contributed by atoms with Crippen molar-refractivity contribution >= 4 is 11.5 Å². The molecule has 1 fully saturated rings. The van der Waals surface area contributed by atoms with Crippen molar-refractivity contribution in [2.24, 2.45) is 0 Å². The molecule has 0 aliphatic carbocycles. The van der Waals surface area contributed by atoms with Crippen molar-refractivity contribution in [3.05, 3.63) is 18.3 Å². The van der Waals surface area contributed by atoms with Gasteiger partial charge in [0.25, 0.3) is 0 Å². The van der Waals surface area contributed by atoms with Crippen LogP contribution in [0.3, 0.4) is 0 Å². The Labute approximate surface area is 97.1 Å². The van der Waals surface area contributed by atoms with Gasteiger partial charge in [-0.1, -0.05) is 6.92 Å². The summed E-state index contributed by atoms with van der Waals surface area (Å²) in [6.45, 7) is 5.34. The first kappa shape index (κ1) is 11.2. The van der Waals surface area contributed by atoms with Crippen LogP contribution in [0, 0.1) is 0 Å². The highest BCUT2D eigenvalue weighted by atomic mass is 15.3. The zero-order valence-corrected chi connectivity index (χ0v) is 10.1. The lowest BCUT2D eigenvalue weighted by atomic mass is 10.1. The third-order valence-electron chi connectivity index (χ3n) is 3.36. The van der Waals surface area contributed by atoms with Gasteiger partial charge in [-0.25, -0.2) is 4.98 Å². The van der Waals surface area contributed by atoms with Crippen molar-refractivity contribution in [3.8, 4) is 0 Å². The van der Waals surface area contributed by atoms with Crippen LogP contribution in [0.2, 0.25) is 0 Å². The van der Waals surface area contributed by atoms with Gasteiger partial charge in [-0.3, -0.25) is 4.90 Å². The Morgan fingerprint density at radius 2 is 2.31 bits per heavy atom. The molecule has 1 aliphatic rings. The van der Waals surface area contributed by atoms with Crippen LogP contribution in [0.25, 0.3) is 0 Å². The lowest BCUT2D eigenvalue weighted by molar-refractivity contribution is 0.213.